The number of hydrogen-bond acceptors (Lipinski definition) is 4. The van der Waals surface area contributed by atoms with Crippen LogP contribution in [0.3, 0.4) is 0 Å². The molecule has 1 aliphatic rings. The number of ketones is 1. The second-order valence-electron chi connectivity index (χ2n) is 12.0. The highest BCUT2D eigenvalue weighted by molar-refractivity contribution is 6.01. The molecule has 4 aromatic rings. The summed E-state index contributed by atoms with van der Waals surface area (Å²) in [6.45, 7) is 8.60. The van der Waals surface area contributed by atoms with Gasteiger partial charge in [0.15, 0.2) is 5.78 Å². The first-order chi connectivity index (χ1) is 20.5. The number of aromatic nitrogens is 2. The molecule has 0 radical (unpaired) electrons. The minimum absolute atomic E-state index is 0.0950. The first kappa shape index (κ1) is 30.4. The number of carbonyl (C=O) groups is 1. The normalized spacial score (nSPS) is 16.3. The smallest absolute Gasteiger partial charge is 0.416 e. The van der Waals surface area contributed by atoms with E-state index in [0.29, 0.717) is 30.8 Å². The second kappa shape index (κ2) is 11.9. The molecule has 2 heterocycles. The number of nitrogens with zero attached hydrogens (tertiary/aromatic N) is 2. The molecular formula is C35H38F3N3O2. The first-order valence-corrected chi connectivity index (χ1v) is 14.8. The van der Waals surface area contributed by atoms with Gasteiger partial charge in [0.05, 0.1) is 28.9 Å². The number of hydrogen-bond donors (Lipinski definition) is 1. The number of nitrogens with one attached hydrogen (secondary N) is 1. The number of halogens is 3. The van der Waals surface area contributed by atoms with Gasteiger partial charge in [-0.05, 0) is 62.4 Å². The van der Waals surface area contributed by atoms with E-state index in [1.165, 1.54) is 12.1 Å². The quantitative estimate of drug-likeness (QED) is 0.188. The van der Waals surface area contributed by atoms with E-state index in [1.807, 2.05) is 73.1 Å². The molecule has 0 amide bonds. The lowest BCUT2D eigenvalue weighted by Gasteiger charge is -2.39. The van der Waals surface area contributed by atoms with E-state index in [9.17, 15) is 18.0 Å². The minimum atomic E-state index is -4.41. The van der Waals surface area contributed by atoms with Crippen LogP contribution in [0.15, 0.2) is 85.1 Å². The van der Waals surface area contributed by atoms with Gasteiger partial charge in [-0.1, -0.05) is 74.5 Å². The van der Waals surface area contributed by atoms with Gasteiger partial charge in [-0.3, -0.25) is 4.79 Å². The van der Waals surface area contributed by atoms with Crippen molar-refractivity contribution >= 4 is 11.6 Å². The van der Waals surface area contributed by atoms with Crippen molar-refractivity contribution in [3.63, 3.8) is 0 Å². The molecule has 3 aromatic carbocycles. The van der Waals surface area contributed by atoms with Gasteiger partial charge in [0, 0.05) is 17.4 Å². The summed E-state index contributed by atoms with van der Waals surface area (Å²) < 4.78 is 47.8. The van der Waals surface area contributed by atoms with Crippen LogP contribution < -0.4 is 10.1 Å². The molecule has 0 spiro atoms. The summed E-state index contributed by atoms with van der Waals surface area (Å²) in [5.74, 6) is 1.33. The second-order valence-corrected chi connectivity index (χ2v) is 12.0. The Morgan fingerprint density at radius 3 is 2.23 bits per heavy atom. The molecule has 43 heavy (non-hydrogen) atoms. The van der Waals surface area contributed by atoms with E-state index in [0.717, 1.165) is 41.0 Å². The van der Waals surface area contributed by atoms with Crippen LogP contribution in [-0.2, 0) is 23.7 Å². The van der Waals surface area contributed by atoms with Crippen molar-refractivity contribution in [3.05, 3.63) is 113 Å². The van der Waals surface area contributed by atoms with Gasteiger partial charge in [0.1, 0.15) is 18.2 Å². The number of anilines is 1. The molecule has 1 N–H and O–H groups in total. The van der Waals surface area contributed by atoms with Crippen LogP contribution in [0.4, 0.5) is 19.0 Å². The van der Waals surface area contributed by atoms with Crippen molar-refractivity contribution in [3.8, 4) is 5.75 Å². The van der Waals surface area contributed by atoms with E-state index < -0.39 is 22.7 Å². The molecule has 0 fully saturated rings. The van der Waals surface area contributed by atoms with E-state index in [2.05, 4.69) is 24.3 Å². The fraction of sp³-hybridized carbons (Fsp3) is 0.371. The van der Waals surface area contributed by atoms with Crippen LogP contribution in [0.1, 0.15) is 92.0 Å². The number of para-hydroxylation sites is 1. The average Bonchev–Trinajstić information content (AvgIpc) is 3.44. The van der Waals surface area contributed by atoms with Crippen LogP contribution in [0.5, 0.6) is 5.75 Å². The lowest BCUT2D eigenvalue weighted by Crippen LogP contribution is -2.38. The minimum Gasteiger partial charge on any atom is -0.489 e. The van der Waals surface area contributed by atoms with Crippen molar-refractivity contribution in [2.75, 3.05) is 5.32 Å². The number of alkyl halides is 3. The molecule has 0 saturated heterocycles. The summed E-state index contributed by atoms with van der Waals surface area (Å²) in [5.41, 5.74) is 1.60. The monoisotopic (exact) mass is 589 g/mol. The van der Waals surface area contributed by atoms with Gasteiger partial charge in [0.2, 0.25) is 0 Å². The molecule has 8 heteroatoms. The van der Waals surface area contributed by atoms with E-state index in [1.54, 1.807) is 6.20 Å². The van der Waals surface area contributed by atoms with Crippen LogP contribution in [0.25, 0.3) is 0 Å². The van der Waals surface area contributed by atoms with Crippen LogP contribution in [0, 0.1) is 0 Å². The summed E-state index contributed by atoms with van der Waals surface area (Å²) in [6.07, 6.45) is -0.689. The maximum Gasteiger partial charge on any atom is 0.416 e. The summed E-state index contributed by atoms with van der Waals surface area (Å²) in [5, 5.41) is 8.22. The van der Waals surface area contributed by atoms with Gasteiger partial charge >= 0.3 is 6.18 Å². The van der Waals surface area contributed by atoms with Crippen molar-refractivity contribution < 1.29 is 22.7 Å². The SMILES string of the molecule is CCC(CC)(CC(=O)c1cnn2c1NC(c1ccccc1OCc1ccccc1)CC2(C)C)c1ccc(C(F)(F)F)cc1. The number of rotatable bonds is 10. The van der Waals surface area contributed by atoms with Gasteiger partial charge in [-0.15, -0.1) is 0 Å². The first-order valence-electron chi connectivity index (χ1n) is 14.8. The van der Waals surface area contributed by atoms with Crippen LogP contribution >= 0.6 is 0 Å². The number of carbonyl (C=O) groups excluding carboxylic acids is 1. The maximum absolute atomic E-state index is 14.0. The molecule has 1 aliphatic heterocycles. The Kier molecular flexibility index (Phi) is 8.41. The van der Waals surface area contributed by atoms with Crippen molar-refractivity contribution in [2.24, 2.45) is 0 Å². The Morgan fingerprint density at radius 2 is 1.58 bits per heavy atom. The van der Waals surface area contributed by atoms with Crippen LogP contribution in [-0.4, -0.2) is 15.6 Å². The summed E-state index contributed by atoms with van der Waals surface area (Å²) >= 11 is 0. The molecule has 0 aliphatic carbocycles. The topological polar surface area (TPSA) is 56.2 Å². The Bertz CT molecular complexity index is 1560. The molecule has 0 bridgehead atoms. The molecular weight excluding hydrogens is 551 g/mol. The standard InChI is InChI=1S/C35H38F3N3O2/c1-5-34(6-2,25-16-18-26(19-17-25)35(36,37)38)21-30(42)28-22-39-41-32(28)40-29(20-33(41,3)4)27-14-10-11-15-31(27)43-23-24-12-8-7-9-13-24/h7-19,22,29,40H,5-6,20-21,23H2,1-4H3. The molecule has 5 rings (SSSR count). The van der Waals surface area contributed by atoms with Gasteiger partial charge < -0.3 is 10.1 Å². The lowest BCUT2D eigenvalue weighted by molar-refractivity contribution is -0.137. The molecule has 226 valence electrons. The zero-order valence-electron chi connectivity index (χ0n) is 25.0. The number of ether oxygens (including phenoxy) is 1. The summed E-state index contributed by atoms with van der Waals surface area (Å²) in [7, 11) is 0. The van der Waals surface area contributed by atoms with Gasteiger partial charge in [0.25, 0.3) is 0 Å². The zero-order chi connectivity index (χ0) is 30.8. The Labute approximate surface area is 251 Å². The molecule has 5 nitrogen and oxygen atoms in total. The van der Waals surface area contributed by atoms with Crippen molar-refractivity contribution in [1.82, 2.24) is 9.78 Å². The average molecular weight is 590 g/mol. The largest absolute Gasteiger partial charge is 0.489 e. The summed E-state index contributed by atoms with van der Waals surface area (Å²) in [4.78, 5) is 14.0. The van der Waals surface area contributed by atoms with E-state index in [4.69, 9.17) is 4.74 Å². The van der Waals surface area contributed by atoms with Gasteiger partial charge in [-0.2, -0.15) is 18.3 Å². The van der Waals surface area contributed by atoms with Crippen LogP contribution in [0.2, 0.25) is 0 Å². The highest BCUT2D eigenvalue weighted by Gasteiger charge is 2.40. The Hall–Kier alpha value is -4.07. The molecule has 1 atom stereocenters. The Balaban J connectivity index is 1.42. The third kappa shape index (κ3) is 6.19. The number of benzene rings is 3. The Morgan fingerprint density at radius 1 is 0.953 bits per heavy atom. The maximum atomic E-state index is 14.0. The fourth-order valence-corrected chi connectivity index (χ4v) is 6.20. The number of fused-ring (bicyclic) bond motifs is 1. The lowest BCUT2D eigenvalue weighted by atomic mass is 9.71. The molecule has 1 unspecified atom stereocenters. The third-order valence-corrected chi connectivity index (χ3v) is 8.87. The molecule has 1 aromatic heterocycles. The fourth-order valence-electron chi connectivity index (χ4n) is 6.20. The van der Waals surface area contributed by atoms with Crippen molar-refractivity contribution in [1.29, 1.82) is 0 Å². The highest BCUT2D eigenvalue weighted by atomic mass is 19.4. The predicted octanol–water partition coefficient (Wildman–Crippen LogP) is 9.10. The molecule has 0 saturated carbocycles. The third-order valence-electron chi connectivity index (χ3n) is 8.87. The number of Topliss-reactive ketones (excluding diaryl/α,β-unsaturated/α-hetero) is 1. The zero-order valence-corrected chi connectivity index (χ0v) is 25.0. The van der Waals surface area contributed by atoms with Crippen molar-refractivity contribution in [2.45, 2.75) is 83.2 Å². The van der Waals surface area contributed by atoms with E-state index in [-0.39, 0.29) is 18.2 Å². The van der Waals surface area contributed by atoms with E-state index >= 15 is 0 Å². The predicted molar refractivity (Wildman–Crippen MR) is 162 cm³/mol. The summed E-state index contributed by atoms with van der Waals surface area (Å²) in [6, 6.07) is 23.1. The van der Waals surface area contributed by atoms with Gasteiger partial charge in [-0.25, -0.2) is 4.68 Å². The highest BCUT2D eigenvalue weighted by Crippen LogP contribution is 2.44.